The van der Waals surface area contributed by atoms with Gasteiger partial charge in [-0.25, -0.2) is 0 Å². The van der Waals surface area contributed by atoms with E-state index in [2.05, 4.69) is 40.7 Å². The highest BCUT2D eigenvalue weighted by atomic mass is 127. The monoisotopic (exact) mass is 508 g/mol. The van der Waals surface area contributed by atoms with Gasteiger partial charge in [0.15, 0.2) is 5.96 Å². The van der Waals surface area contributed by atoms with Gasteiger partial charge >= 0.3 is 0 Å². The van der Waals surface area contributed by atoms with Crippen molar-refractivity contribution in [1.82, 2.24) is 10.6 Å². The van der Waals surface area contributed by atoms with Crippen LogP contribution in [-0.4, -0.2) is 25.5 Å². The summed E-state index contributed by atoms with van der Waals surface area (Å²) < 4.78 is 6.03. The van der Waals surface area contributed by atoms with E-state index in [4.69, 9.17) is 10.5 Å². The van der Waals surface area contributed by atoms with Crippen LogP contribution in [0.15, 0.2) is 47.5 Å². The molecule has 0 unspecified atom stereocenters. The van der Waals surface area contributed by atoms with Crippen molar-refractivity contribution < 1.29 is 9.53 Å². The molecule has 0 saturated heterocycles. The number of primary amides is 1. The lowest BCUT2D eigenvalue weighted by Gasteiger charge is -2.15. The van der Waals surface area contributed by atoms with Crippen LogP contribution in [0.4, 0.5) is 0 Å². The second-order valence-electron chi connectivity index (χ2n) is 7.21. The Kier molecular flexibility index (Phi) is 8.75. The lowest BCUT2D eigenvalue weighted by molar-refractivity contribution is 0.100. The van der Waals surface area contributed by atoms with Crippen LogP contribution in [0.5, 0.6) is 5.75 Å². The highest BCUT2D eigenvalue weighted by Crippen LogP contribution is 2.30. The molecule has 6 nitrogen and oxygen atoms in total. The number of halogens is 1. The summed E-state index contributed by atoms with van der Waals surface area (Å²) in [5.41, 5.74) is 9.12. The number of amides is 1. The van der Waals surface area contributed by atoms with Gasteiger partial charge in [0.1, 0.15) is 5.75 Å². The molecule has 0 aliphatic heterocycles. The van der Waals surface area contributed by atoms with Crippen LogP contribution in [0, 0.1) is 12.8 Å². The average molecular weight is 508 g/mol. The van der Waals surface area contributed by atoms with E-state index in [0.717, 1.165) is 29.4 Å². The quantitative estimate of drug-likeness (QED) is 0.290. The predicted molar refractivity (Wildman–Crippen MR) is 127 cm³/mol. The molecule has 29 heavy (non-hydrogen) atoms. The van der Waals surface area contributed by atoms with Gasteiger partial charge in [-0.3, -0.25) is 9.79 Å². The molecule has 0 aromatic heterocycles. The van der Waals surface area contributed by atoms with Crippen LogP contribution in [0.25, 0.3) is 0 Å². The number of carbonyl (C=O) groups excluding carboxylic acids is 1. The first kappa shape index (κ1) is 23.0. The maximum atomic E-state index is 11.1. The molecule has 4 N–H and O–H groups in total. The zero-order valence-electron chi connectivity index (χ0n) is 16.9. The van der Waals surface area contributed by atoms with Gasteiger partial charge in [-0.2, -0.15) is 0 Å². The molecule has 3 rings (SSSR count). The molecule has 0 heterocycles. The van der Waals surface area contributed by atoms with E-state index >= 15 is 0 Å². The second kappa shape index (κ2) is 11.0. The first-order valence-electron chi connectivity index (χ1n) is 9.60. The SMILES string of the molecule is CN=C(NCc1ccc(C(N)=O)cc1)NCc1ccc(C)cc1OCC1CC1.I. The Morgan fingerprint density at radius 2 is 1.83 bits per heavy atom. The summed E-state index contributed by atoms with van der Waals surface area (Å²) in [7, 11) is 1.74. The number of hydrogen-bond donors (Lipinski definition) is 3. The minimum Gasteiger partial charge on any atom is -0.493 e. The molecule has 1 aliphatic carbocycles. The standard InChI is InChI=1S/C22H28N4O2.HI/c1-15-3-8-19(20(11-15)28-14-17-4-5-17)13-26-22(24-2)25-12-16-6-9-18(10-7-16)21(23)27;/h3,6-11,17H,4-5,12-14H2,1-2H3,(H2,23,27)(H2,24,25,26);1H. The van der Waals surface area contributed by atoms with Gasteiger partial charge in [0.2, 0.25) is 5.91 Å². The molecule has 2 aromatic carbocycles. The largest absolute Gasteiger partial charge is 0.493 e. The minimum atomic E-state index is -0.421. The van der Waals surface area contributed by atoms with Crippen molar-refractivity contribution in [2.75, 3.05) is 13.7 Å². The molecular formula is C22H29IN4O2. The highest BCUT2D eigenvalue weighted by molar-refractivity contribution is 14.0. The topological polar surface area (TPSA) is 88.7 Å². The molecule has 1 aliphatic rings. The number of guanidine groups is 1. The Balaban J connectivity index is 0.00000300. The zero-order chi connectivity index (χ0) is 19.9. The van der Waals surface area contributed by atoms with Crippen LogP contribution in [0.3, 0.4) is 0 Å². The van der Waals surface area contributed by atoms with Crippen LogP contribution >= 0.6 is 24.0 Å². The van der Waals surface area contributed by atoms with E-state index in [1.165, 1.54) is 18.4 Å². The highest BCUT2D eigenvalue weighted by Gasteiger charge is 2.22. The number of carbonyl (C=O) groups is 1. The Bertz CT molecular complexity index is 848. The summed E-state index contributed by atoms with van der Waals surface area (Å²) in [6.45, 7) is 4.09. The Morgan fingerprint density at radius 3 is 2.45 bits per heavy atom. The van der Waals surface area contributed by atoms with Crippen molar-refractivity contribution in [3.8, 4) is 5.75 Å². The smallest absolute Gasteiger partial charge is 0.248 e. The van der Waals surface area contributed by atoms with Gasteiger partial charge in [-0.1, -0.05) is 24.3 Å². The summed E-state index contributed by atoms with van der Waals surface area (Å²) in [5.74, 6) is 1.94. The van der Waals surface area contributed by atoms with Crippen LogP contribution in [0.2, 0.25) is 0 Å². The van der Waals surface area contributed by atoms with Crippen LogP contribution in [-0.2, 0) is 13.1 Å². The molecule has 0 spiro atoms. The third kappa shape index (κ3) is 7.23. The number of nitrogens with two attached hydrogens (primary N) is 1. The van der Waals surface area contributed by atoms with E-state index in [0.29, 0.717) is 24.6 Å². The molecule has 1 fully saturated rings. The van der Waals surface area contributed by atoms with Crippen LogP contribution < -0.4 is 21.1 Å². The molecule has 2 aromatic rings. The molecular weight excluding hydrogens is 479 g/mol. The lowest BCUT2D eigenvalue weighted by Crippen LogP contribution is -2.36. The summed E-state index contributed by atoms with van der Waals surface area (Å²) in [6, 6.07) is 13.5. The fourth-order valence-electron chi connectivity index (χ4n) is 2.81. The summed E-state index contributed by atoms with van der Waals surface area (Å²) in [4.78, 5) is 15.4. The fourth-order valence-corrected chi connectivity index (χ4v) is 2.81. The first-order chi connectivity index (χ1) is 13.5. The normalized spacial score (nSPS) is 13.4. The lowest BCUT2D eigenvalue weighted by atomic mass is 10.1. The fraction of sp³-hybridized carbons (Fsp3) is 0.364. The number of rotatable bonds is 8. The molecule has 1 amide bonds. The van der Waals surface area contributed by atoms with E-state index < -0.39 is 5.91 Å². The number of ether oxygens (including phenoxy) is 1. The number of hydrogen-bond acceptors (Lipinski definition) is 3. The summed E-state index contributed by atoms with van der Waals surface area (Å²) >= 11 is 0. The van der Waals surface area contributed by atoms with Gasteiger partial charge < -0.3 is 21.1 Å². The molecule has 156 valence electrons. The van der Waals surface area contributed by atoms with E-state index in [1.807, 2.05) is 12.1 Å². The Morgan fingerprint density at radius 1 is 1.14 bits per heavy atom. The minimum absolute atomic E-state index is 0. The van der Waals surface area contributed by atoms with E-state index in [-0.39, 0.29) is 24.0 Å². The predicted octanol–water partition coefficient (Wildman–Crippen LogP) is 3.37. The molecule has 0 atom stereocenters. The maximum absolute atomic E-state index is 11.1. The van der Waals surface area contributed by atoms with Crippen molar-refractivity contribution in [3.05, 3.63) is 64.7 Å². The number of nitrogens with one attached hydrogen (secondary N) is 2. The summed E-state index contributed by atoms with van der Waals surface area (Å²) in [5, 5.41) is 6.61. The third-order valence-corrected chi connectivity index (χ3v) is 4.76. The van der Waals surface area contributed by atoms with Crippen molar-refractivity contribution in [1.29, 1.82) is 0 Å². The molecule has 0 bridgehead atoms. The molecule has 7 heteroatoms. The van der Waals surface area contributed by atoms with Crippen LogP contribution in [0.1, 0.15) is 39.9 Å². The van der Waals surface area contributed by atoms with Crippen molar-refractivity contribution in [2.45, 2.75) is 32.9 Å². The maximum Gasteiger partial charge on any atom is 0.248 e. The summed E-state index contributed by atoms with van der Waals surface area (Å²) in [6.07, 6.45) is 2.55. The van der Waals surface area contributed by atoms with Crippen molar-refractivity contribution in [3.63, 3.8) is 0 Å². The Hall–Kier alpha value is -2.29. The number of benzene rings is 2. The van der Waals surface area contributed by atoms with E-state index in [1.54, 1.807) is 19.2 Å². The first-order valence-corrected chi connectivity index (χ1v) is 9.60. The van der Waals surface area contributed by atoms with Crippen molar-refractivity contribution in [2.24, 2.45) is 16.6 Å². The number of aliphatic imine (C=N–C) groups is 1. The van der Waals surface area contributed by atoms with Gasteiger partial charge in [0.05, 0.1) is 6.61 Å². The third-order valence-electron chi connectivity index (χ3n) is 4.76. The van der Waals surface area contributed by atoms with Gasteiger partial charge in [0, 0.05) is 31.3 Å². The zero-order valence-corrected chi connectivity index (χ0v) is 19.2. The Labute approximate surface area is 189 Å². The molecule has 1 saturated carbocycles. The molecule has 0 radical (unpaired) electrons. The second-order valence-corrected chi connectivity index (χ2v) is 7.21. The number of nitrogens with zero attached hydrogens (tertiary/aromatic N) is 1. The van der Waals surface area contributed by atoms with Gasteiger partial charge in [-0.15, -0.1) is 24.0 Å². The average Bonchev–Trinajstić information content (AvgIpc) is 3.52. The van der Waals surface area contributed by atoms with E-state index in [9.17, 15) is 4.79 Å². The van der Waals surface area contributed by atoms with Crippen molar-refractivity contribution >= 4 is 35.8 Å². The number of aryl methyl sites for hydroxylation is 1. The van der Waals surface area contributed by atoms with Gasteiger partial charge in [-0.05, 0) is 55.0 Å². The van der Waals surface area contributed by atoms with Gasteiger partial charge in [0.25, 0.3) is 0 Å².